The second-order valence-electron chi connectivity index (χ2n) is 13.0. The number of carbonyl (C=O) groups excluding carboxylic acids is 2. The molecule has 0 radical (unpaired) electrons. The number of amides is 2. The van der Waals surface area contributed by atoms with E-state index in [0.29, 0.717) is 25.6 Å². The van der Waals surface area contributed by atoms with E-state index in [1.165, 1.54) is 42.5 Å². The van der Waals surface area contributed by atoms with Crippen LogP contribution in [0.4, 0.5) is 0 Å². The van der Waals surface area contributed by atoms with Crippen LogP contribution in [0.15, 0.2) is 84.9 Å². The summed E-state index contributed by atoms with van der Waals surface area (Å²) in [5.74, 6) is 0.633. The normalized spacial score (nSPS) is 20.9. The topological polar surface area (TPSA) is 48.8 Å². The number of nitrogens with zero attached hydrogens (tertiary/aromatic N) is 4. The first-order valence-corrected chi connectivity index (χ1v) is 16.7. The molecule has 2 amide bonds. The molecule has 7 rings (SSSR count). The molecule has 44 heavy (non-hydrogen) atoms. The standard InChI is InChI=1S/C38H44N4O2/c43-37(41-24-9-14-34(41)28-39-21-6-7-22-39)20-25-42-35-15-5-4-12-32(35)26-36(42)33-13-8-23-40(27-33)38(44)31-18-16-30(17-19-31)29-10-2-1-3-11-29/h1-5,10-12,15-19,26,33-34H,6-9,13-14,20-25,27-28H2/t33?,34-/m0/s1. The number of aromatic nitrogens is 1. The number of para-hydroxylation sites is 1. The number of carbonyl (C=O) groups is 2. The zero-order chi connectivity index (χ0) is 29.9. The predicted octanol–water partition coefficient (Wildman–Crippen LogP) is 6.81. The summed E-state index contributed by atoms with van der Waals surface area (Å²) in [6, 6.07) is 29.5. The molecule has 0 bridgehead atoms. The van der Waals surface area contributed by atoms with Crippen LogP contribution in [-0.4, -0.2) is 76.4 Å². The van der Waals surface area contributed by atoms with E-state index in [2.05, 4.69) is 69.0 Å². The number of hydrogen-bond donors (Lipinski definition) is 0. The average Bonchev–Trinajstić information content (AvgIpc) is 3.85. The molecule has 3 aromatic carbocycles. The lowest BCUT2D eigenvalue weighted by atomic mass is 9.93. The molecule has 3 aliphatic heterocycles. The van der Waals surface area contributed by atoms with E-state index < -0.39 is 0 Å². The lowest BCUT2D eigenvalue weighted by molar-refractivity contribution is -0.132. The van der Waals surface area contributed by atoms with Gasteiger partial charge in [-0.3, -0.25) is 9.59 Å². The van der Waals surface area contributed by atoms with Crippen LogP contribution in [0.2, 0.25) is 0 Å². The maximum absolute atomic E-state index is 13.7. The molecule has 228 valence electrons. The van der Waals surface area contributed by atoms with Crippen molar-refractivity contribution < 1.29 is 9.59 Å². The van der Waals surface area contributed by atoms with Crippen molar-refractivity contribution in [3.63, 3.8) is 0 Å². The van der Waals surface area contributed by atoms with Crippen LogP contribution in [0.25, 0.3) is 22.0 Å². The highest BCUT2D eigenvalue weighted by molar-refractivity contribution is 5.95. The van der Waals surface area contributed by atoms with Gasteiger partial charge in [0.25, 0.3) is 5.91 Å². The number of fused-ring (bicyclic) bond motifs is 1. The van der Waals surface area contributed by atoms with Gasteiger partial charge in [0.1, 0.15) is 0 Å². The van der Waals surface area contributed by atoms with Crippen LogP contribution in [0, 0.1) is 0 Å². The highest BCUT2D eigenvalue weighted by Gasteiger charge is 2.32. The molecule has 2 atom stereocenters. The van der Waals surface area contributed by atoms with Gasteiger partial charge in [0.2, 0.25) is 5.91 Å². The minimum absolute atomic E-state index is 0.102. The summed E-state index contributed by atoms with van der Waals surface area (Å²) >= 11 is 0. The van der Waals surface area contributed by atoms with Crippen LogP contribution < -0.4 is 0 Å². The molecule has 0 saturated carbocycles. The summed E-state index contributed by atoms with van der Waals surface area (Å²) in [5.41, 5.74) is 5.46. The number of rotatable bonds is 8. The Hall–Kier alpha value is -3.90. The summed E-state index contributed by atoms with van der Waals surface area (Å²) in [7, 11) is 0. The van der Waals surface area contributed by atoms with Crippen molar-refractivity contribution in [1.29, 1.82) is 0 Å². The van der Waals surface area contributed by atoms with Crippen molar-refractivity contribution in [3.05, 3.63) is 96.2 Å². The highest BCUT2D eigenvalue weighted by atomic mass is 16.2. The minimum atomic E-state index is 0.102. The fourth-order valence-corrected chi connectivity index (χ4v) is 7.81. The summed E-state index contributed by atoms with van der Waals surface area (Å²) in [6.07, 6.45) is 7.36. The van der Waals surface area contributed by atoms with Gasteiger partial charge in [-0.15, -0.1) is 0 Å². The van der Waals surface area contributed by atoms with Crippen molar-refractivity contribution in [3.8, 4) is 11.1 Å². The summed E-state index contributed by atoms with van der Waals surface area (Å²) in [5, 5.41) is 1.21. The fourth-order valence-electron chi connectivity index (χ4n) is 7.81. The first-order valence-electron chi connectivity index (χ1n) is 16.7. The molecule has 3 saturated heterocycles. The Bertz CT molecular complexity index is 1590. The van der Waals surface area contributed by atoms with E-state index in [0.717, 1.165) is 62.0 Å². The quantitative estimate of drug-likeness (QED) is 0.227. The molecule has 3 fully saturated rings. The molecular formula is C38H44N4O2. The Morgan fingerprint density at radius 2 is 1.45 bits per heavy atom. The maximum atomic E-state index is 13.7. The first-order chi connectivity index (χ1) is 21.6. The Morgan fingerprint density at radius 1 is 0.727 bits per heavy atom. The van der Waals surface area contributed by atoms with E-state index in [4.69, 9.17) is 0 Å². The summed E-state index contributed by atoms with van der Waals surface area (Å²) in [6.45, 7) is 6.44. The maximum Gasteiger partial charge on any atom is 0.253 e. The Balaban J connectivity index is 1.06. The Kier molecular flexibility index (Phi) is 8.52. The summed E-state index contributed by atoms with van der Waals surface area (Å²) in [4.78, 5) is 34.0. The van der Waals surface area contributed by atoms with Crippen LogP contribution in [-0.2, 0) is 11.3 Å². The molecule has 4 aromatic rings. The average molecular weight is 589 g/mol. The van der Waals surface area contributed by atoms with E-state index in [1.54, 1.807) is 0 Å². The van der Waals surface area contributed by atoms with E-state index >= 15 is 0 Å². The lowest BCUT2D eigenvalue weighted by Crippen LogP contribution is -2.42. The van der Waals surface area contributed by atoms with Crippen molar-refractivity contribution in [2.24, 2.45) is 0 Å². The first kappa shape index (κ1) is 28.8. The highest BCUT2D eigenvalue weighted by Crippen LogP contribution is 2.33. The zero-order valence-corrected chi connectivity index (χ0v) is 25.7. The van der Waals surface area contributed by atoms with Crippen LogP contribution >= 0.6 is 0 Å². The molecule has 6 nitrogen and oxygen atoms in total. The van der Waals surface area contributed by atoms with Gasteiger partial charge in [0.15, 0.2) is 0 Å². The fraction of sp³-hybridized carbons (Fsp3) is 0.421. The van der Waals surface area contributed by atoms with E-state index in [9.17, 15) is 9.59 Å². The zero-order valence-electron chi connectivity index (χ0n) is 25.7. The monoisotopic (exact) mass is 588 g/mol. The van der Waals surface area contributed by atoms with Gasteiger partial charge in [-0.1, -0.05) is 60.7 Å². The van der Waals surface area contributed by atoms with Crippen LogP contribution in [0.1, 0.15) is 66.9 Å². The molecule has 3 aliphatic rings. The lowest BCUT2D eigenvalue weighted by Gasteiger charge is -2.34. The van der Waals surface area contributed by atoms with Crippen molar-refractivity contribution >= 4 is 22.7 Å². The molecule has 6 heteroatoms. The van der Waals surface area contributed by atoms with Gasteiger partial charge < -0.3 is 19.3 Å². The minimum Gasteiger partial charge on any atom is -0.344 e. The van der Waals surface area contributed by atoms with Gasteiger partial charge in [-0.2, -0.15) is 0 Å². The summed E-state index contributed by atoms with van der Waals surface area (Å²) < 4.78 is 2.38. The smallest absolute Gasteiger partial charge is 0.253 e. The SMILES string of the molecule is O=C(c1ccc(-c2ccccc2)cc1)N1CCCC(c2cc3ccccc3n2CCC(=O)N2CCC[C@H]2CN2CCCC2)C1. The Morgan fingerprint density at radius 3 is 2.27 bits per heavy atom. The molecule has 1 aromatic heterocycles. The van der Waals surface area contributed by atoms with Gasteiger partial charge in [-0.05, 0) is 92.4 Å². The largest absolute Gasteiger partial charge is 0.344 e. The number of benzene rings is 3. The molecule has 0 aliphatic carbocycles. The van der Waals surface area contributed by atoms with E-state index in [1.807, 2.05) is 35.2 Å². The second-order valence-corrected chi connectivity index (χ2v) is 13.0. The third-order valence-electron chi connectivity index (χ3n) is 10.1. The van der Waals surface area contributed by atoms with Crippen molar-refractivity contribution in [2.45, 2.75) is 63.5 Å². The molecule has 4 heterocycles. The third kappa shape index (κ3) is 6.05. The van der Waals surface area contributed by atoms with Crippen molar-refractivity contribution in [2.75, 3.05) is 39.3 Å². The van der Waals surface area contributed by atoms with Gasteiger partial charge in [-0.25, -0.2) is 0 Å². The van der Waals surface area contributed by atoms with E-state index in [-0.39, 0.29) is 17.7 Å². The van der Waals surface area contributed by atoms with Gasteiger partial charge >= 0.3 is 0 Å². The molecule has 0 N–H and O–H groups in total. The van der Waals surface area contributed by atoms with Crippen LogP contribution in [0.3, 0.4) is 0 Å². The van der Waals surface area contributed by atoms with Gasteiger partial charge in [0, 0.05) is 67.9 Å². The number of likely N-dealkylation sites (tertiary alicyclic amines) is 3. The predicted molar refractivity (Wildman–Crippen MR) is 177 cm³/mol. The molecular weight excluding hydrogens is 544 g/mol. The van der Waals surface area contributed by atoms with Crippen LogP contribution in [0.5, 0.6) is 0 Å². The number of hydrogen-bond acceptors (Lipinski definition) is 3. The molecule has 0 spiro atoms. The Labute approximate surface area is 261 Å². The molecule has 1 unspecified atom stereocenters. The second kappa shape index (κ2) is 13.0. The number of piperidine rings is 1. The number of aryl methyl sites for hydroxylation is 1. The third-order valence-corrected chi connectivity index (χ3v) is 10.1. The van der Waals surface area contributed by atoms with Gasteiger partial charge in [0.05, 0.1) is 0 Å². The van der Waals surface area contributed by atoms with Crippen molar-refractivity contribution in [1.82, 2.24) is 19.3 Å².